The molecular formula is C10H10N2O2. The molecule has 1 rings (SSSR count). The van der Waals surface area contributed by atoms with Crippen LogP contribution in [-0.2, 0) is 4.79 Å². The Hall–Kier alpha value is -1.97. The molecule has 1 aromatic carbocycles. The largest absolute Gasteiger partial charge is 0.287 e. The third-order valence-corrected chi connectivity index (χ3v) is 1.46. The lowest BCUT2D eigenvalue weighted by Gasteiger charge is -1.93. The van der Waals surface area contributed by atoms with E-state index in [1.54, 1.807) is 24.3 Å². The van der Waals surface area contributed by atoms with Gasteiger partial charge < -0.3 is 0 Å². The number of hydrogen-bond donors (Lipinski definition) is 1. The van der Waals surface area contributed by atoms with Gasteiger partial charge in [-0.2, -0.15) is 5.10 Å². The highest BCUT2D eigenvalue weighted by atomic mass is 16.2. The van der Waals surface area contributed by atoms with Crippen LogP contribution in [0.4, 0.5) is 0 Å². The minimum atomic E-state index is -0.304. The van der Waals surface area contributed by atoms with Crippen LogP contribution >= 0.6 is 0 Å². The standard InChI is InChI=1S/C10H10N2O2/c1-8(13)12-11-7-10(14)9-5-3-2-4-6-9/h2-7H,1H3,(H,12,13)/b11-7-. The molecule has 0 radical (unpaired) electrons. The Labute approximate surface area is 81.6 Å². The third-order valence-electron chi connectivity index (χ3n) is 1.46. The second-order valence-electron chi connectivity index (χ2n) is 2.66. The van der Waals surface area contributed by atoms with Crippen LogP contribution < -0.4 is 5.43 Å². The first kappa shape index (κ1) is 10.1. The molecule has 0 saturated heterocycles. The molecule has 0 bridgehead atoms. The predicted molar refractivity (Wildman–Crippen MR) is 53.1 cm³/mol. The lowest BCUT2D eigenvalue weighted by molar-refractivity contribution is -0.118. The average molecular weight is 190 g/mol. The summed E-state index contributed by atoms with van der Waals surface area (Å²) >= 11 is 0. The second kappa shape index (κ2) is 4.91. The molecule has 4 nitrogen and oxygen atoms in total. The number of ketones is 1. The van der Waals surface area contributed by atoms with E-state index < -0.39 is 0 Å². The molecule has 0 aliphatic rings. The van der Waals surface area contributed by atoms with E-state index in [9.17, 15) is 9.59 Å². The van der Waals surface area contributed by atoms with Gasteiger partial charge in [0.05, 0.1) is 6.21 Å². The van der Waals surface area contributed by atoms with Gasteiger partial charge in [0.15, 0.2) is 0 Å². The molecule has 0 fully saturated rings. The summed E-state index contributed by atoms with van der Waals surface area (Å²) in [5.41, 5.74) is 2.70. The number of Topliss-reactive ketones (excluding diaryl/α,β-unsaturated/α-hetero) is 1. The monoisotopic (exact) mass is 190 g/mol. The fourth-order valence-electron chi connectivity index (χ4n) is 0.859. The normalized spacial score (nSPS) is 10.1. The molecule has 0 spiro atoms. The highest BCUT2D eigenvalue weighted by Gasteiger charge is 1.99. The number of hydrogen-bond acceptors (Lipinski definition) is 3. The van der Waals surface area contributed by atoms with Gasteiger partial charge in [-0.25, -0.2) is 5.43 Å². The van der Waals surface area contributed by atoms with Crippen molar-refractivity contribution < 1.29 is 9.59 Å². The summed E-state index contributed by atoms with van der Waals surface area (Å²) in [5, 5.41) is 3.47. The van der Waals surface area contributed by atoms with Crippen molar-refractivity contribution in [1.29, 1.82) is 0 Å². The summed E-state index contributed by atoms with van der Waals surface area (Å²) < 4.78 is 0. The number of carbonyl (C=O) groups is 2. The first-order chi connectivity index (χ1) is 6.70. The van der Waals surface area contributed by atoms with E-state index in [0.717, 1.165) is 6.21 Å². The van der Waals surface area contributed by atoms with E-state index in [2.05, 4.69) is 10.5 Å². The van der Waals surface area contributed by atoms with E-state index in [4.69, 9.17) is 0 Å². The van der Waals surface area contributed by atoms with Crippen LogP contribution in [0.15, 0.2) is 35.4 Å². The molecule has 0 aromatic heterocycles. The van der Waals surface area contributed by atoms with Crippen molar-refractivity contribution in [1.82, 2.24) is 5.43 Å². The summed E-state index contributed by atoms with van der Waals surface area (Å²) in [5.74, 6) is -0.540. The average Bonchev–Trinajstić information content (AvgIpc) is 2.18. The van der Waals surface area contributed by atoms with Crippen molar-refractivity contribution in [2.24, 2.45) is 5.10 Å². The molecule has 0 aliphatic heterocycles. The zero-order valence-corrected chi connectivity index (χ0v) is 7.73. The lowest BCUT2D eigenvalue weighted by Crippen LogP contribution is -2.14. The Morgan fingerprint density at radius 3 is 2.50 bits per heavy atom. The summed E-state index contributed by atoms with van der Waals surface area (Å²) in [4.78, 5) is 21.8. The zero-order valence-electron chi connectivity index (χ0n) is 7.73. The van der Waals surface area contributed by atoms with Crippen LogP contribution in [0, 0.1) is 0 Å². The van der Waals surface area contributed by atoms with Gasteiger partial charge in [-0.3, -0.25) is 9.59 Å². The van der Waals surface area contributed by atoms with E-state index in [-0.39, 0.29) is 11.7 Å². The lowest BCUT2D eigenvalue weighted by atomic mass is 10.1. The molecule has 14 heavy (non-hydrogen) atoms. The molecule has 4 heteroatoms. The SMILES string of the molecule is CC(=O)N/N=C\C(=O)c1ccccc1. The van der Waals surface area contributed by atoms with E-state index in [1.165, 1.54) is 6.92 Å². The fraction of sp³-hybridized carbons (Fsp3) is 0.100. The Morgan fingerprint density at radius 2 is 1.93 bits per heavy atom. The maximum atomic E-state index is 11.3. The Bertz CT molecular complexity index is 358. The second-order valence-corrected chi connectivity index (χ2v) is 2.66. The van der Waals surface area contributed by atoms with E-state index in [0.29, 0.717) is 5.56 Å². The first-order valence-corrected chi connectivity index (χ1v) is 4.09. The van der Waals surface area contributed by atoms with Crippen molar-refractivity contribution in [3.63, 3.8) is 0 Å². The van der Waals surface area contributed by atoms with Gasteiger partial charge in [0, 0.05) is 12.5 Å². The molecule has 1 N–H and O–H groups in total. The topological polar surface area (TPSA) is 58.5 Å². The van der Waals surface area contributed by atoms with Crippen LogP contribution in [0.3, 0.4) is 0 Å². The molecule has 0 aliphatic carbocycles. The maximum Gasteiger partial charge on any atom is 0.236 e. The van der Waals surface area contributed by atoms with Crippen molar-refractivity contribution >= 4 is 17.9 Å². The van der Waals surface area contributed by atoms with E-state index >= 15 is 0 Å². The summed E-state index contributed by atoms with van der Waals surface area (Å²) in [6.45, 7) is 1.32. The Kier molecular flexibility index (Phi) is 3.55. The zero-order chi connectivity index (χ0) is 10.4. The van der Waals surface area contributed by atoms with Gasteiger partial charge in [0.2, 0.25) is 11.7 Å². The van der Waals surface area contributed by atoms with Gasteiger partial charge >= 0.3 is 0 Å². The van der Waals surface area contributed by atoms with Crippen molar-refractivity contribution in [2.45, 2.75) is 6.92 Å². The quantitative estimate of drug-likeness (QED) is 0.439. The van der Waals surface area contributed by atoms with Gasteiger partial charge in [0.25, 0.3) is 0 Å². The molecule has 0 saturated carbocycles. The minimum Gasteiger partial charge on any atom is -0.287 e. The predicted octanol–water partition coefficient (Wildman–Crippen LogP) is 0.991. The minimum absolute atomic E-state index is 0.237. The number of amides is 1. The summed E-state index contributed by atoms with van der Waals surface area (Å²) in [7, 11) is 0. The Morgan fingerprint density at radius 1 is 1.29 bits per heavy atom. The molecule has 0 heterocycles. The van der Waals surface area contributed by atoms with E-state index in [1.807, 2.05) is 6.07 Å². The number of carbonyl (C=O) groups excluding carboxylic acids is 2. The molecule has 0 atom stereocenters. The highest BCUT2D eigenvalue weighted by molar-refractivity contribution is 6.35. The van der Waals surface area contributed by atoms with Gasteiger partial charge in [-0.05, 0) is 0 Å². The fourth-order valence-corrected chi connectivity index (χ4v) is 0.859. The molecule has 1 amide bonds. The highest BCUT2D eigenvalue weighted by Crippen LogP contribution is 1.97. The van der Waals surface area contributed by atoms with Crippen LogP contribution in [0.5, 0.6) is 0 Å². The molecule has 72 valence electrons. The van der Waals surface area contributed by atoms with Crippen molar-refractivity contribution in [2.75, 3.05) is 0 Å². The van der Waals surface area contributed by atoms with Gasteiger partial charge in [0.1, 0.15) is 0 Å². The van der Waals surface area contributed by atoms with Gasteiger partial charge in [-0.15, -0.1) is 0 Å². The number of rotatable bonds is 3. The third kappa shape index (κ3) is 3.18. The van der Waals surface area contributed by atoms with Crippen LogP contribution in [0.1, 0.15) is 17.3 Å². The van der Waals surface area contributed by atoms with Crippen LogP contribution in [-0.4, -0.2) is 17.9 Å². The number of nitrogens with one attached hydrogen (secondary N) is 1. The molecular weight excluding hydrogens is 180 g/mol. The number of hydrazone groups is 1. The molecule has 0 unspecified atom stereocenters. The smallest absolute Gasteiger partial charge is 0.236 e. The van der Waals surface area contributed by atoms with Crippen LogP contribution in [0.2, 0.25) is 0 Å². The summed E-state index contributed by atoms with van der Waals surface area (Å²) in [6.07, 6.45) is 1.08. The molecule has 1 aromatic rings. The summed E-state index contributed by atoms with van der Waals surface area (Å²) in [6, 6.07) is 8.71. The Balaban J connectivity index is 2.59. The van der Waals surface area contributed by atoms with Gasteiger partial charge in [-0.1, -0.05) is 30.3 Å². The number of benzene rings is 1. The first-order valence-electron chi connectivity index (χ1n) is 4.09. The maximum absolute atomic E-state index is 11.3. The number of nitrogens with zero attached hydrogens (tertiary/aromatic N) is 1. The van der Waals surface area contributed by atoms with Crippen molar-refractivity contribution in [3.05, 3.63) is 35.9 Å². The van der Waals surface area contributed by atoms with Crippen LogP contribution in [0.25, 0.3) is 0 Å². The van der Waals surface area contributed by atoms with Crippen molar-refractivity contribution in [3.8, 4) is 0 Å².